The first kappa shape index (κ1) is 12.6. The topological polar surface area (TPSA) is 51.5 Å². The molecule has 0 bridgehead atoms. The van der Waals surface area contributed by atoms with Gasteiger partial charge in [-0.15, -0.1) is 0 Å². The molecule has 0 amide bonds. The maximum absolute atomic E-state index is 11.1. The van der Waals surface area contributed by atoms with Crippen LogP contribution >= 0.6 is 0 Å². The highest BCUT2D eigenvalue weighted by Gasteiger charge is 2.18. The van der Waals surface area contributed by atoms with Gasteiger partial charge < -0.3 is 14.3 Å². The Morgan fingerprint density at radius 3 is 2.69 bits per heavy atom. The van der Waals surface area contributed by atoms with E-state index in [1.54, 1.807) is 33.2 Å². The Morgan fingerprint density at radius 2 is 2.19 bits per heavy atom. The maximum atomic E-state index is 11.1. The van der Waals surface area contributed by atoms with Gasteiger partial charge in [0.05, 0.1) is 5.76 Å². The Balaban J connectivity index is 2.66. The predicted octanol–water partition coefficient (Wildman–Crippen LogP) is -0.0690. The Hall–Kier alpha value is -1.49. The molecular weight excluding hydrogens is 205 g/mol. The van der Waals surface area contributed by atoms with Crippen LogP contribution in [0.2, 0.25) is 0 Å². The second kappa shape index (κ2) is 4.57. The van der Waals surface area contributed by atoms with E-state index in [-0.39, 0.29) is 11.3 Å². The van der Waals surface area contributed by atoms with E-state index < -0.39 is 5.60 Å². The third-order valence-corrected chi connectivity index (χ3v) is 2.13. The molecule has 0 aliphatic heterocycles. The molecule has 5 heteroatoms. The highest BCUT2D eigenvalue weighted by molar-refractivity contribution is 6.47. The van der Waals surface area contributed by atoms with E-state index in [1.807, 2.05) is 0 Å². The molecule has 1 radical (unpaired) electrons. The Labute approximate surface area is 95.5 Å². The molecule has 1 rings (SSSR count). The van der Waals surface area contributed by atoms with Crippen LogP contribution in [0, 0.1) is 0 Å². The summed E-state index contributed by atoms with van der Waals surface area (Å²) in [5.41, 5.74) is -0.442. The van der Waals surface area contributed by atoms with E-state index in [0.717, 1.165) is 5.46 Å². The van der Waals surface area contributed by atoms with Gasteiger partial charge in [0.15, 0.2) is 0 Å². The third kappa shape index (κ3) is 3.27. The number of aliphatic hydroxyl groups is 1. The van der Waals surface area contributed by atoms with Crippen molar-refractivity contribution in [2.75, 3.05) is 0 Å². The maximum Gasteiger partial charge on any atom is 0.410 e. The van der Waals surface area contributed by atoms with Gasteiger partial charge in [0.25, 0.3) is 0 Å². The van der Waals surface area contributed by atoms with Crippen molar-refractivity contribution in [3.8, 4) is 0 Å². The molecule has 1 aromatic heterocycles. The summed E-state index contributed by atoms with van der Waals surface area (Å²) in [6.45, 7) is 6.78. The number of hydrogen-bond donors (Lipinski definition) is 1. The zero-order chi connectivity index (χ0) is 12.3. The Morgan fingerprint density at radius 1 is 1.56 bits per heavy atom. The van der Waals surface area contributed by atoms with E-state index in [4.69, 9.17) is 4.65 Å². The summed E-state index contributed by atoms with van der Waals surface area (Å²) in [5, 5.41) is 9.56. The number of aryl methyl sites for hydroxylation is 1. The van der Waals surface area contributed by atoms with Crippen LogP contribution in [0.3, 0.4) is 0 Å². The molecule has 0 saturated heterocycles. The van der Waals surface area contributed by atoms with Crippen LogP contribution in [-0.4, -0.2) is 22.8 Å². The van der Waals surface area contributed by atoms with Gasteiger partial charge in [-0.25, -0.2) is 0 Å². The first-order valence-electron chi connectivity index (χ1n) is 4.89. The van der Waals surface area contributed by atoms with Gasteiger partial charge in [-0.2, -0.15) is 0 Å². The molecule has 0 spiro atoms. The van der Waals surface area contributed by atoms with E-state index in [2.05, 4.69) is 6.58 Å². The zero-order valence-corrected chi connectivity index (χ0v) is 9.73. The van der Waals surface area contributed by atoms with E-state index in [1.165, 1.54) is 18.1 Å². The lowest BCUT2D eigenvalue weighted by molar-refractivity contribution is 0.0802. The average Bonchev–Trinajstić information content (AvgIpc) is 2.18. The van der Waals surface area contributed by atoms with Crippen molar-refractivity contribution in [2.24, 2.45) is 7.05 Å². The monoisotopic (exact) mass is 220 g/mol. The quantitative estimate of drug-likeness (QED) is 0.570. The van der Waals surface area contributed by atoms with Gasteiger partial charge in [-0.05, 0) is 19.3 Å². The normalized spacial score (nSPS) is 11.0. The Kier molecular flexibility index (Phi) is 3.60. The van der Waals surface area contributed by atoms with Crippen molar-refractivity contribution in [1.82, 2.24) is 4.57 Å². The van der Waals surface area contributed by atoms with Gasteiger partial charge >= 0.3 is 7.48 Å². The first-order chi connectivity index (χ1) is 7.30. The molecule has 0 aliphatic rings. The highest BCUT2D eigenvalue weighted by Crippen LogP contribution is 2.13. The lowest BCUT2D eigenvalue weighted by atomic mass is 9.89. The van der Waals surface area contributed by atoms with Crippen molar-refractivity contribution >= 4 is 12.9 Å². The van der Waals surface area contributed by atoms with E-state index >= 15 is 0 Å². The van der Waals surface area contributed by atoms with Crippen molar-refractivity contribution in [1.29, 1.82) is 0 Å². The fourth-order valence-electron chi connectivity index (χ4n) is 0.968. The zero-order valence-electron chi connectivity index (χ0n) is 9.73. The second-order valence-corrected chi connectivity index (χ2v) is 4.13. The fraction of sp³-hybridized carbons (Fsp3) is 0.364. The van der Waals surface area contributed by atoms with Crippen LogP contribution < -0.4 is 11.0 Å². The number of pyridine rings is 1. The van der Waals surface area contributed by atoms with E-state index in [9.17, 15) is 9.90 Å². The minimum atomic E-state index is -1.09. The predicted molar refractivity (Wildman–Crippen MR) is 63.6 cm³/mol. The van der Waals surface area contributed by atoms with Crippen molar-refractivity contribution < 1.29 is 9.76 Å². The molecule has 1 aromatic rings. The van der Waals surface area contributed by atoms with Gasteiger partial charge in [-0.1, -0.05) is 12.6 Å². The number of nitrogens with zero attached hydrogens (tertiary/aromatic N) is 1. The summed E-state index contributed by atoms with van der Waals surface area (Å²) >= 11 is 0. The molecule has 0 atom stereocenters. The summed E-state index contributed by atoms with van der Waals surface area (Å²) < 4.78 is 6.65. The van der Waals surface area contributed by atoms with Crippen LogP contribution in [-0.2, 0) is 11.7 Å². The second-order valence-electron chi connectivity index (χ2n) is 4.13. The number of aromatic nitrogens is 1. The van der Waals surface area contributed by atoms with E-state index in [0.29, 0.717) is 0 Å². The van der Waals surface area contributed by atoms with Gasteiger partial charge in [-0.3, -0.25) is 4.79 Å². The van der Waals surface area contributed by atoms with Gasteiger partial charge in [0, 0.05) is 19.3 Å². The third-order valence-electron chi connectivity index (χ3n) is 2.13. The minimum absolute atomic E-state index is 0.0848. The molecule has 1 heterocycles. The lowest BCUT2D eigenvalue weighted by Gasteiger charge is -2.20. The average molecular weight is 220 g/mol. The number of hydrogen-bond acceptors (Lipinski definition) is 3. The van der Waals surface area contributed by atoms with Crippen LogP contribution in [0.15, 0.2) is 35.5 Å². The summed E-state index contributed by atoms with van der Waals surface area (Å²) in [7, 11) is 3.10. The minimum Gasteiger partial charge on any atom is -0.559 e. The SMILES string of the molecule is C=C(O[B]c1ccc(=O)n(C)c1)C(C)(C)O. The molecule has 1 N–H and O–H groups in total. The fourth-order valence-corrected chi connectivity index (χ4v) is 0.968. The van der Waals surface area contributed by atoms with Crippen molar-refractivity contribution in [3.63, 3.8) is 0 Å². The van der Waals surface area contributed by atoms with Gasteiger partial charge in [0.1, 0.15) is 5.60 Å². The van der Waals surface area contributed by atoms with Crippen LogP contribution in [0.4, 0.5) is 0 Å². The largest absolute Gasteiger partial charge is 0.559 e. The standard InChI is InChI=1S/C11H15BNO3/c1-8(11(2,3)15)16-12-9-5-6-10(14)13(4)7-9/h5-7,15H,1H2,2-4H3. The molecule has 0 unspecified atom stereocenters. The molecule has 0 fully saturated rings. The molecule has 0 aliphatic carbocycles. The highest BCUT2D eigenvalue weighted by atomic mass is 16.5. The molecule has 16 heavy (non-hydrogen) atoms. The summed E-state index contributed by atoms with van der Waals surface area (Å²) in [6, 6.07) is 3.09. The van der Waals surface area contributed by atoms with Gasteiger partial charge in [0.2, 0.25) is 5.56 Å². The molecule has 0 saturated carbocycles. The van der Waals surface area contributed by atoms with Crippen molar-refractivity contribution in [3.05, 3.63) is 41.0 Å². The summed E-state index contributed by atoms with van der Waals surface area (Å²) in [4.78, 5) is 11.1. The lowest BCUT2D eigenvalue weighted by Crippen LogP contribution is -2.30. The number of rotatable bonds is 4. The molecule has 4 nitrogen and oxygen atoms in total. The van der Waals surface area contributed by atoms with Crippen LogP contribution in [0.1, 0.15) is 13.8 Å². The Bertz CT molecular complexity index is 445. The molecular formula is C11H15BNO3. The summed E-state index contributed by atoms with van der Waals surface area (Å²) in [5.74, 6) is 0.251. The smallest absolute Gasteiger partial charge is 0.410 e. The summed E-state index contributed by atoms with van der Waals surface area (Å²) in [6.07, 6.45) is 1.64. The van der Waals surface area contributed by atoms with Crippen molar-refractivity contribution in [2.45, 2.75) is 19.4 Å². The first-order valence-corrected chi connectivity index (χ1v) is 4.89. The molecule has 85 valence electrons. The van der Waals surface area contributed by atoms with Crippen LogP contribution in [0.5, 0.6) is 0 Å². The molecule has 0 aromatic carbocycles. The van der Waals surface area contributed by atoms with Crippen LogP contribution in [0.25, 0.3) is 0 Å².